The molecule has 4 aromatic heterocycles. The van der Waals surface area contributed by atoms with Gasteiger partial charge >= 0.3 is 0 Å². The number of hydrogen-bond donors (Lipinski definition) is 2. The molecule has 0 atom stereocenters. The van der Waals surface area contributed by atoms with E-state index in [0.717, 1.165) is 27.4 Å². The second-order valence-electron chi connectivity index (χ2n) is 8.79. The number of carbonyl (C=O) groups excluding carboxylic acids is 2. The first-order valence-electron chi connectivity index (χ1n) is 11.8. The Morgan fingerprint density at radius 2 is 2.00 bits per heavy atom. The molecule has 2 amide bonds. The molecule has 4 heterocycles. The van der Waals surface area contributed by atoms with E-state index in [2.05, 4.69) is 25.6 Å². The molecule has 2 N–H and O–H groups in total. The van der Waals surface area contributed by atoms with Crippen molar-refractivity contribution in [3.63, 3.8) is 0 Å². The molecule has 0 fully saturated rings. The Balaban J connectivity index is 1.45. The largest absolute Gasteiger partial charge is 0.330 e. The zero-order valence-corrected chi connectivity index (χ0v) is 21.2. The molecule has 38 heavy (non-hydrogen) atoms. The minimum atomic E-state index is -0.565. The van der Waals surface area contributed by atoms with Crippen LogP contribution in [0.4, 0.5) is 15.2 Å². The summed E-state index contributed by atoms with van der Waals surface area (Å²) in [5.74, 6) is -1.01. The standard InChI is InChI=1S/C26H21FN8O2S/c1-14(36)30-26-32-19-7-6-17-21(15-4-3-9-28-13-15)33-35(22(17)23(19)38-26)20-8-5-16(12-18(20)27)31-25(37)24-29-10-11-34(24)2/h3-5,8-13H,6-7H2,1-2H3,(H,31,37)(H,30,32,36). The Morgan fingerprint density at radius 3 is 2.71 bits per heavy atom. The number of amides is 2. The summed E-state index contributed by atoms with van der Waals surface area (Å²) < 4.78 is 18.8. The zero-order chi connectivity index (χ0) is 26.4. The second kappa shape index (κ2) is 9.30. The molecule has 1 aliphatic carbocycles. The van der Waals surface area contributed by atoms with Crippen LogP contribution < -0.4 is 10.6 Å². The summed E-state index contributed by atoms with van der Waals surface area (Å²) in [5, 5.41) is 10.8. The van der Waals surface area contributed by atoms with Crippen LogP contribution in [0.25, 0.3) is 27.5 Å². The van der Waals surface area contributed by atoms with Crippen molar-refractivity contribution in [3.05, 3.63) is 78.0 Å². The molecule has 1 aromatic carbocycles. The van der Waals surface area contributed by atoms with Gasteiger partial charge in [0.15, 0.2) is 16.8 Å². The van der Waals surface area contributed by atoms with Gasteiger partial charge in [-0.2, -0.15) is 5.10 Å². The SMILES string of the molecule is CC(=O)Nc1nc2c(s1)-c1c(c(-c3cccnc3)nn1-c1ccc(NC(=O)c3nccn3C)cc1F)CC2. The number of nitrogens with zero attached hydrogens (tertiary/aromatic N) is 6. The van der Waals surface area contributed by atoms with Gasteiger partial charge in [-0.15, -0.1) is 0 Å². The molecule has 10 nitrogen and oxygen atoms in total. The summed E-state index contributed by atoms with van der Waals surface area (Å²) in [4.78, 5) is 37.9. The number of fused-ring (bicyclic) bond motifs is 3. The van der Waals surface area contributed by atoms with Crippen molar-refractivity contribution >= 4 is 34.0 Å². The molecule has 5 aromatic rings. The van der Waals surface area contributed by atoms with Gasteiger partial charge in [-0.25, -0.2) is 19.0 Å². The van der Waals surface area contributed by atoms with Crippen LogP contribution in [-0.4, -0.2) is 41.1 Å². The molecule has 0 spiro atoms. The number of benzene rings is 1. The normalized spacial score (nSPS) is 12.1. The highest BCUT2D eigenvalue weighted by molar-refractivity contribution is 7.19. The highest BCUT2D eigenvalue weighted by Crippen LogP contribution is 2.44. The van der Waals surface area contributed by atoms with E-state index in [-0.39, 0.29) is 17.4 Å². The maximum Gasteiger partial charge on any atom is 0.291 e. The third-order valence-corrected chi connectivity index (χ3v) is 7.20. The predicted molar refractivity (Wildman–Crippen MR) is 141 cm³/mol. The summed E-state index contributed by atoms with van der Waals surface area (Å²) in [7, 11) is 1.71. The van der Waals surface area contributed by atoms with Crippen molar-refractivity contribution in [2.24, 2.45) is 7.05 Å². The Labute approximate surface area is 220 Å². The third-order valence-electron chi connectivity index (χ3n) is 6.18. The van der Waals surface area contributed by atoms with Crippen LogP contribution in [0.5, 0.6) is 0 Å². The van der Waals surface area contributed by atoms with E-state index in [0.29, 0.717) is 29.4 Å². The summed E-state index contributed by atoms with van der Waals surface area (Å²) >= 11 is 1.33. The number of rotatable bonds is 5. The Morgan fingerprint density at radius 1 is 1.13 bits per heavy atom. The Hall–Kier alpha value is -4.71. The molecule has 0 saturated heterocycles. The molecular weight excluding hydrogens is 507 g/mol. The number of imidazole rings is 1. The molecule has 0 saturated carbocycles. The molecule has 190 valence electrons. The number of aryl methyl sites for hydroxylation is 2. The first-order chi connectivity index (χ1) is 18.4. The van der Waals surface area contributed by atoms with E-state index < -0.39 is 11.7 Å². The fourth-order valence-electron chi connectivity index (χ4n) is 4.51. The van der Waals surface area contributed by atoms with E-state index in [1.165, 1.54) is 30.5 Å². The van der Waals surface area contributed by atoms with Crippen LogP contribution in [0.15, 0.2) is 55.1 Å². The second-order valence-corrected chi connectivity index (χ2v) is 9.79. The van der Waals surface area contributed by atoms with Crippen molar-refractivity contribution < 1.29 is 14.0 Å². The molecule has 0 radical (unpaired) electrons. The highest BCUT2D eigenvalue weighted by atomic mass is 32.1. The Bertz CT molecular complexity index is 1710. The number of halogens is 1. The lowest BCUT2D eigenvalue weighted by Crippen LogP contribution is -2.17. The van der Waals surface area contributed by atoms with Crippen LogP contribution in [-0.2, 0) is 24.7 Å². The number of aromatic nitrogens is 6. The molecule has 0 bridgehead atoms. The van der Waals surface area contributed by atoms with Crippen molar-refractivity contribution in [1.29, 1.82) is 0 Å². The highest BCUT2D eigenvalue weighted by Gasteiger charge is 2.30. The van der Waals surface area contributed by atoms with Gasteiger partial charge in [-0.1, -0.05) is 11.3 Å². The number of anilines is 2. The molecule has 0 unspecified atom stereocenters. The topological polar surface area (TPSA) is 120 Å². The van der Waals surface area contributed by atoms with Crippen LogP contribution in [0.3, 0.4) is 0 Å². The lowest BCUT2D eigenvalue weighted by atomic mass is 9.95. The molecule has 12 heteroatoms. The third kappa shape index (κ3) is 4.14. The van der Waals surface area contributed by atoms with E-state index in [1.807, 2.05) is 12.1 Å². The number of thiazole rings is 1. The lowest BCUT2D eigenvalue weighted by Gasteiger charge is -2.15. The van der Waals surface area contributed by atoms with Gasteiger partial charge in [-0.05, 0) is 43.2 Å². The van der Waals surface area contributed by atoms with Crippen LogP contribution in [0, 0.1) is 5.82 Å². The molecular formula is C26H21FN8O2S. The monoisotopic (exact) mass is 528 g/mol. The van der Waals surface area contributed by atoms with Gasteiger partial charge in [0.05, 0.1) is 22.0 Å². The average molecular weight is 529 g/mol. The van der Waals surface area contributed by atoms with Crippen LogP contribution in [0.1, 0.15) is 28.8 Å². The van der Waals surface area contributed by atoms with Crippen molar-refractivity contribution in [2.45, 2.75) is 19.8 Å². The van der Waals surface area contributed by atoms with Gasteiger partial charge in [0.2, 0.25) is 5.91 Å². The van der Waals surface area contributed by atoms with E-state index >= 15 is 4.39 Å². The lowest BCUT2D eigenvalue weighted by molar-refractivity contribution is -0.114. The minimum absolute atomic E-state index is 0.212. The maximum atomic E-state index is 15.6. The molecule has 6 rings (SSSR count). The number of hydrogen-bond acceptors (Lipinski definition) is 7. The minimum Gasteiger partial charge on any atom is -0.330 e. The fraction of sp³-hybridized carbons (Fsp3) is 0.154. The number of pyridine rings is 1. The van der Waals surface area contributed by atoms with Gasteiger partial charge in [0.25, 0.3) is 5.91 Å². The first-order valence-corrected chi connectivity index (χ1v) is 12.6. The van der Waals surface area contributed by atoms with Gasteiger partial charge in [-0.3, -0.25) is 14.6 Å². The van der Waals surface area contributed by atoms with Gasteiger partial charge < -0.3 is 15.2 Å². The Kier molecular flexibility index (Phi) is 5.80. The number of nitrogens with one attached hydrogen (secondary N) is 2. The zero-order valence-electron chi connectivity index (χ0n) is 20.4. The van der Waals surface area contributed by atoms with E-state index in [4.69, 9.17) is 5.10 Å². The van der Waals surface area contributed by atoms with Crippen LogP contribution in [0.2, 0.25) is 0 Å². The van der Waals surface area contributed by atoms with Gasteiger partial charge in [0.1, 0.15) is 5.69 Å². The quantitative estimate of drug-likeness (QED) is 0.352. The van der Waals surface area contributed by atoms with Crippen molar-refractivity contribution in [1.82, 2.24) is 29.3 Å². The smallest absolute Gasteiger partial charge is 0.291 e. The van der Waals surface area contributed by atoms with E-state index in [1.54, 1.807) is 47.0 Å². The molecule has 1 aliphatic rings. The predicted octanol–water partition coefficient (Wildman–Crippen LogP) is 4.24. The average Bonchev–Trinajstić information content (AvgIpc) is 3.60. The van der Waals surface area contributed by atoms with Crippen LogP contribution >= 0.6 is 11.3 Å². The van der Waals surface area contributed by atoms with Gasteiger partial charge in [0, 0.05) is 55.6 Å². The fourth-order valence-corrected chi connectivity index (χ4v) is 5.63. The first kappa shape index (κ1) is 23.7. The van der Waals surface area contributed by atoms with Crippen molar-refractivity contribution in [2.75, 3.05) is 10.6 Å². The summed E-state index contributed by atoms with van der Waals surface area (Å²) in [6, 6.07) is 8.20. The maximum absolute atomic E-state index is 15.6. The number of carbonyl (C=O) groups is 2. The van der Waals surface area contributed by atoms with E-state index in [9.17, 15) is 9.59 Å². The summed E-state index contributed by atoms with van der Waals surface area (Å²) in [6.07, 6.45) is 7.90. The summed E-state index contributed by atoms with van der Waals surface area (Å²) in [5.41, 5.74) is 4.53. The summed E-state index contributed by atoms with van der Waals surface area (Å²) in [6.45, 7) is 1.43. The van der Waals surface area contributed by atoms with Crippen molar-refractivity contribution in [3.8, 4) is 27.5 Å². The molecule has 0 aliphatic heterocycles.